The fourth-order valence-electron chi connectivity index (χ4n) is 1.44. The van der Waals surface area contributed by atoms with Gasteiger partial charge in [-0.2, -0.15) is 0 Å². The van der Waals surface area contributed by atoms with Crippen LogP contribution in [-0.2, 0) is 10.0 Å². The largest absolute Gasteiger partial charge is 0.355 e. The molecule has 0 radical (unpaired) electrons. The molecule has 0 heterocycles. The fraction of sp³-hybridized carbons (Fsp3) is 0.364. The number of amides is 1. The summed E-state index contributed by atoms with van der Waals surface area (Å²) >= 11 is 0. The second-order valence-corrected chi connectivity index (χ2v) is 5.72. The maximum Gasteiger partial charge on any atom is 0.251 e. The summed E-state index contributed by atoms with van der Waals surface area (Å²) in [5.41, 5.74) is 0.339. The van der Waals surface area contributed by atoms with E-state index >= 15 is 0 Å². The van der Waals surface area contributed by atoms with Crippen LogP contribution in [0.5, 0.6) is 0 Å². The van der Waals surface area contributed by atoms with Crippen molar-refractivity contribution < 1.29 is 13.2 Å². The number of rotatable bonds is 4. The lowest BCUT2D eigenvalue weighted by Gasteiger charge is -2.06. The van der Waals surface area contributed by atoms with E-state index in [1.807, 2.05) is 0 Å². The minimum Gasteiger partial charge on any atom is -0.355 e. The van der Waals surface area contributed by atoms with E-state index in [2.05, 4.69) is 10.0 Å². The molecule has 1 aromatic carbocycles. The molecule has 1 amide bonds. The third-order valence-electron chi connectivity index (χ3n) is 2.53. The maximum atomic E-state index is 11.9. The highest BCUT2D eigenvalue weighted by Crippen LogP contribution is 2.22. The van der Waals surface area contributed by atoms with E-state index in [1.165, 1.54) is 19.2 Å². The molecule has 1 saturated carbocycles. The van der Waals surface area contributed by atoms with E-state index in [9.17, 15) is 13.2 Å². The summed E-state index contributed by atoms with van der Waals surface area (Å²) in [6.07, 6.45) is 1.77. The fourth-order valence-corrected chi connectivity index (χ4v) is 2.79. The number of hydrogen-bond acceptors (Lipinski definition) is 3. The molecular formula is C11H14N2O3S. The lowest BCUT2D eigenvalue weighted by Crippen LogP contribution is -2.26. The van der Waals surface area contributed by atoms with Crippen molar-refractivity contribution >= 4 is 15.9 Å². The number of carbonyl (C=O) groups is 1. The highest BCUT2D eigenvalue weighted by Gasteiger charge is 2.28. The molecule has 0 aromatic heterocycles. The summed E-state index contributed by atoms with van der Waals surface area (Å²) in [7, 11) is -1.99. The average Bonchev–Trinajstić information content (AvgIpc) is 3.11. The Labute approximate surface area is 100 Å². The summed E-state index contributed by atoms with van der Waals surface area (Å²) in [5.74, 6) is -0.298. The van der Waals surface area contributed by atoms with Crippen LogP contribution >= 0.6 is 0 Å². The predicted molar refractivity (Wildman–Crippen MR) is 63.2 cm³/mol. The van der Waals surface area contributed by atoms with Crippen molar-refractivity contribution in [1.82, 2.24) is 10.0 Å². The number of sulfonamides is 1. The van der Waals surface area contributed by atoms with Gasteiger partial charge in [0.25, 0.3) is 5.91 Å². The Morgan fingerprint density at radius 3 is 2.65 bits per heavy atom. The zero-order valence-corrected chi connectivity index (χ0v) is 10.3. The minimum atomic E-state index is -3.49. The van der Waals surface area contributed by atoms with Crippen molar-refractivity contribution in [2.45, 2.75) is 23.8 Å². The monoisotopic (exact) mass is 254 g/mol. The minimum absolute atomic E-state index is 0.0589. The second kappa shape index (κ2) is 4.46. The van der Waals surface area contributed by atoms with Crippen LogP contribution in [0.2, 0.25) is 0 Å². The smallest absolute Gasteiger partial charge is 0.251 e. The second-order valence-electron chi connectivity index (χ2n) is 4.00. The van der Waals surface area contributed by atoms with Gasteiger partial charge in [-0.3, -0.25) is 4.79 Å². The van der Waals surface area contributed by atoms with E-state index in [4.69, 9.17) is 0 Å². The molecule has 1 aliphatic carbocycles. The Balaban J connectivity index is 2.28. The van der Waals surface area contributed by atoms with Gasteiger partial charge in [-0.25, -0.2) is 13.1 Å². The zero-order valence-electron chi connectivity index (χ0n) is 9.43. The Morgan fingerprint density at radius 2 is 2.06 bits per heavy atom. The molecule has 0 aliphatic heterocycles. The van der Waals surface area contributed by atoms with Crippen LogP contribution in [0.15, 0.2) is 29.2 Å². The molecule has 0 saturated heterocycles. The van der Waals surface area contributed by atoms with E-state index in [-0.39, 0.29) is 16.8 Å². The highest BCUT2D eigenvalue weighted by atomic mass is 32.2. The molecule has 17 heavy (non-hydrogen) atoms. The molecule has 0 bridgehead atoms. The van der Waals surface area contributed by atoms with Crippen molar-refractivity contribution in [1.29, 1.82) is 0 Å². The van der Waals surface area contributed by atoms with Gasteiger partial charge in [0.15, 0.2) is 0 Å². The van der Waals surface area contributed by atoms with E-state index in [1.54, 1.807) is 12.1 Å². The predicted octanol–water partition coefficient (Wildman–Crippen LogP) is 0.487. The van der Waals surface area contributed by atoms with Crippen molar-refractivity contribution in [3.63, 3.8) is 0 Å². The number of nitrogens with one attached hydrogen (secondary N) is 2. The first kappa shape index (κ1) is 12.1. The summed E-state index contributed by atoms with van der Waals surface area (Å²) in [5, 5.41) is 2.46. The van der Waals surface area contributed by atoms with Gasteiger partial charge in [0.05, 0.1) is 4.90 Å². The molecule has 0 unspecified atom stereocenters. The first-order valence-electron chi connectivity index (χ1n) is 5.37. The summed E-state index contributed by atoms with van der Waals surface area (Å²) < 4.78 is 26.4. The molecule has 6 heteroatoms. The zero-order chi connectivity index (χ0) is 12.5. The number of carbonyl (C=O) groups excluding carboxylic acids is 1. The quantitative estimate of drug-likeness (QED) is 0.821. The molecular weight excluding hydrogens is 240 g/mol. The van der Waals surface area contributed by atoms with Crippen LogP contribution in [0.4, 0.5) is 0 Å². The molecule has 0 spiro atoms. The van der Waals surface area contributed by atoms with Gasteiger partial charge in [-0.05, 0) is 31.0 Å². The molecule has 1 aliphatic rings. The van der Waals surface area contributed by atoms with Crippen LogP contribution in [0, 0.1) is 0 Å². The third-order valence-corrected chi connectivity index (χ3v) is 4.05. The van der Waals surface area contributed by atoms with Gasteiger partial charge in [0, 0.05) is 18.7 Å². The maximum absolute atomic E-state index is 11.9. The first-order chi connectivity index (χ1) is 8.03. The Hall–Kier alpha value is -1.40. The van der Waals surface area contributed by atoms with Crippen LogP contribution in [-0.4, -0.2) is 27.4 Å². The molecule has 92 valence electrons. The summed E-state index contributed by atoms with van der Waals surface area (Å²) in [6, 6.07) is 6.06. The van der Waals surface area contributed by atoms with Crippen molar-refractivity contribution in [2.24, 2.45) is 0 Å². The Kier molecular flexibility index (Phi) is 3.17. The van der Waals surface area contributed by atoms with Crippen LogP contribution in [0.1, 0.15) is 23.2 Å². The molecule has 5 nitrogen and oxygen atoms in total. The lowest BCUT2D eigenvalue weighted by molar-refractivity contribution is 0.0963. The van der Waals surface area contributed by atoms with Gasteiger partial charge >= 0.3 is 0 Å². The highest BCUT2D eigenvalue weighted by molar-refractivity contribution is 7.89. The summed E-state index contributed by atoms with van der Waals surface area (Å²) in [4.78, 5) is 11.5. The Morgan fingerprint density at radius 1 is 1.35 bits per heavy atom. The molecule has 1 aromatic rings. The number of hydrogen-bond donors (Lipinski definition) is 2. The molecule has 1 fully saturated rings. The molecule has 0 atom stereocenters. The van der Waals surface area contributed by atoms with Gasteiger partial charge in [0.2, 0.25) is 10.0 Å². The van der Waals surface area contributed by atoms with E-state index < -0.39 is 10.0 Å². The molecule has 2 N–H and O–H groups in total. The van der Waals surface area contributed by atoms with E-state index in [0.29, 0.717) is 5.56 Å². The first-order valence-corrected chi connectivity index (χ1v) is 6.86. The Bertz CT molecular complexity index is 535. The molecule has 2 rings (SSSR count). The van der Waals surface area contributed by atoms with Gasteiger partial charge < -0.3 is 5.32 Å². The third kappa shape index (κ3) is 2.83. The SMILES string of the molecule is CNC(=O)c1cccc(S(=O)(=O)NC2CC2)c1. The lowest BCUT2D eigenvalue weighted by atomic mass is 10.2. The number of benzene rings is 1. The topological polar surface area (TPSA) is 75.3 Å². The van der Waals surface area contributed by atoms with Crippen molar-refractivity contribution in [3.05, 3.63) is 29.8 Å². The summed E-state index contributed by atoms with van der Waals surface area (Å²) in [6.45, 7) is 0. The van der Waals surface area contributed by atoms with Gasteiger partial charge in [-0.1, -0.05) is 6.07 Å². The average molecular weight is 254 g/mol. The van der Waals surface area contributed by atoms with Crippen molar-refractivity contribution in [3.8, 4) is 0 Å². The van der Waals surface area contributed by atoms with Crippen LogP contribution < -0.4 is 10.0 Å². The van der Waals surface area contributed by atoms with Crippen LogP contribution in [0.3, 0.4) is 0 Å². The van der Waals surface area contributed by atoms with Crippen molar-refractivity contribution in [2.75, 3.05) is 7.05 Å². The van der Waals surface area contributed by atoms with E-state index in [0.717, 1.165) is 12.8 Å². The van der Waals surface area contributed by atoms with Crippen LogP contribution in [0.25, 0.3) is 0 Å². The van der Waals surface area contributed by atoms with Gasteiger partial charge in [0.1, 0.15) is 0 Å². The standard InChI is InChI=1S/C11H14N2O3S/c1-12-11(14)8-3-2-4-10(7-8)17(15,16)13-9-5-6-9/h2-4,7,9,13H,5-6H2,1H3,(H,12,14). The van der Waals surface area contributed by atoms with Gasteiger partial charge in [-0.15, -0.1) is 0 Å². The normalized spacial score (nSPS) is 15.6.